The standard InChI is InChI=1S/C13H18N4O/c1-9-5-12(13(18-4)7-14-9)15-6-11-8-17(3)16-10(11)2/h5,7-8H,6H2,1-4H3,(H,14,15). The van der Waals surface area contributed by atoms with E-state index in [9.17, 15) is 0 Å². The van der Waals surface area contributed by atoms with Crippen LogP contribution in [0.4, 0.5) is 5.69 Å². The summed E-state index contributed by atoms with van der Waals surface area (Å²) in [5.41, 5.74) is 4.12. The Morgan fingerprint density at radius 1 is 1.39 bits per heavy atom. The Balaban J connectivity index is 2.14. The summed E-state index contributed by atoms with van der Waals surface area (Å²) >= 11 is 0. The average molecular weight is 246 g/mol. The van der Waals surface area contributed by atoms with Crippen LogP contribution in [0.2, 0.25) is 0 Å². The zero-order chi connectivity index (χ0) is 13.1. The van der Waals surface area contributed by atoms with Gasteiger partial charge in [0.05, 0.1) is 24.7 Å². The fraction of sp³-hybridized carbons (Fsp3) is 0.385. The molecular weight excluding hydrogens is 228 g/mol. The molecule has 0 aromatic carbocycles. The van der Waals surface area contributed by atoms with Crippen molar-refractivity contribution in [3.8, 4) is 5.75 Å². The number of aryl methyl sites for hydroxylation is 3. The minimum atomic E-state index is 0.722. The molecule has 0 unspecified atom stereocenters. The number of methoxy groups -OCH3 is 1. The van der Waals surface area contributed by atoms with Crippen molar-refractivity contribution in [2.45, 2.75) is 20.4 Å². The van der Waals surface area contributed by atoms with Gasteiger partial charge in [0.25, 0.3) is 0 Å². The van der Waals surface area contributed by atoms with Gasteiger partial charge in [0.15, 0.2) is 5.75 Å². The molecule has 0 fully saturated rings. The van der Waals surface area contributed by atoms with Crippen molar-refractivity contribution in [2.24, 2.45) is 7.05 Å². The molecule has 18 heavy (non-hydrogen) atoms. The molecular formula is C13H18N4O. The van der Waals surface area contributed by atoms with Crippen LogP contribution in [0.15, 0.2) is 18.5 Å². The Morgan fingerprint density at radius 3 is 2.78 bits per heavy atom. The molecule has 96 valence electrons. The highest BCUT2D eigenvalue weighted by Crippen LogP contribution is 2.24. The SMILES string of the molecule is COc1cnc(C)cc1NCc1cn(C)nc1C. The van der Waals surface area contributed by atoms with Gasteiger partial charge in [0, 0.05) is 31.0 Å². The average Bonchev–Trinajstić information content (AvgIpc) is 2.65. The van der Waals surface area contributed by atoms with E-state index < -0.39 is 0 Å². The van der Waals surface area contributed by atoms with Gasteiger partial charge in [0.2, 0.25) is 0 Å². The summed E-state index contributed by atoms with van der Waals surface area (Å²) in [6, 6.07) is 1.98. The summed E-state index contributed by atoms with van der Waals surface area (Å²) in [7, 11) is 3.57. The van der Waals surface area contributed by atoms with Gasteiger partial charge < -0.3 is 10.1 Å². The molecule has 0 atom stereocenters. The number of nitrogens with one attached hydrogen (secondary N) is 1. The smallest absolute Gasteiger partial charge is 0.160 e. The minimum Gasteiger partial charge on any atom is -0.493 e. The summed E-state index contributed by atoms with van der Waals surface area (Å²) in [4.78, 5) is 4.21. The lowest BCUT2D eigenvalue weighted by atomic mass is 10.2. The van der Waals surface area contributed by atoms with Crippen LogP contribution in [-0.2, 0) is 13.6 Å². The molecule has 2 heterocycles. The van der Waals surface area contributed by atoms with Gasteiger partial charge in [-0.2, -0.15) is 5.10 Å². The third kappa shape index (κ3) is 2.61. The van der Waals surface area contributed by atoms with E-state index in [1.165, 1.54) is 5.56 Å². The zero-order valence-electron chi connectivity index (χ0n) is 11.2. The predicted molar refractivity (Wildman–Crippen MR) is 70.8 cm³/mol. The van der Waals surface area contributed by atoms with Crippen LogP contribution in [0.3, 0.4) is 0 Å². The molecule has 0 saturated heterocycles. The minimum absolute atomic E-state index is 0.722. The lowest BCUT2D eigenvalue weighted by molar-refractivity contribution is 0.414. The van der Waals surface area contributed by atoms with E-state index in [2.05, 4.69) is 15.4 Å². The van der Waals surface area contributed by atoms with Gasteiger partial charge >= 0.3 is 0 Å². The molecule has 0 bridgehead atoms. The third-order valence-corrected chi connectivity index (χ3v) is 2.81. The Morgan fingerprint density at radius 2 is 2.17 bits per heavy atom. The maximum atomic E-state index is 5.28. The first-order chi connectivity index (χ1) is 8.60. The molecule has 0 aliphatic heterocycles. The lowest BCUT2D eigenvalue weighted by Crippen LogP contribution is -2.02. The van der Waals surface area contributed by atoms with E-state index >= 15 is 0 Å². The second-order valence-corrected chi connectivity index (χ2v) is 4.29. The molecule has 2 rings (SSSR count). The van der Waals surface area contributed by atoms with Crippen LogP contribution in [0.1, 0.15) is 17.0 Å². The first kappa shape index (κ1) is 12.4. The van der Waals surface area contributed by atoms with E-state index in [-0.39, 0.29) is 0 Å². The van der Waals surface area contributed by atoms with E-state index in [4.69, 9.17) is 4.74 Å². The number of hydrogen-bond acceptors (Lipinski definition) is 4. The number of hydrogen-bond donors (Lipinski definition) is 1. The molecule has 0 radical (unpaired) electrons. The van der Waals surface area contributed by atoms with E-state index in [0.29, 0.717) is 0 Å². The van der Waals surface area contributed by atoms with Crippen LogP contribution in [0.25, 0.3) is 0 Å². The van der Waals surface area contributed by atoms with Crippen molar-refractivity contribution in [3.05, 3.63) is 35.4 Å². The number of anilines is 1. The maximum absolute atomic E-state index is 5.28. The highest BCUT2D eigenvalue weighted by atomic mass is 16.5. The monoisotopic (exact) mass is 246 g/mol. The molecule has 1 N–H and O–H groups in total. The Kier molecular flexibility index (Phi) is 3.50. The summed E-state index contributed by atoms with van der Waals surface area (Å²) in [5.74, 6) is 0.752. The van der Waals surface area contributed by atoms with Crippen molar-refractivity contribution in [1.29, 1.82) is 0 Å². The predicted octanol–water partition coefficient (Wildman–Crippen LogP) is 2.05. The van der Waals surface area contributed by atoms with Gasteiger partial charge in [-0.15, -0.1) is 0 Å². The topological polar surface area (TPSA) is 52.0 Å². The summed E-state index contributed by atoms with van der Waals surface area (Å²) in [6.07, 6.45) is 3.75. The number of ether oxygens (including phenoxy) is 1. The Labute approximate surface area is 107 Å². The van der Waals surface area contributed by atoms with E-state index in [1.807, 2.05) is 37.8 Å². The van der Waals surface area contributed by atoms with Crippen LogP contribution in [-0.4, -0.2) is 21.9 Å². The van der Waals surface area contributed by atoms with Gasteiger partial charge in [-0.1, -0.05) is 0 Å². The molecule has 5 nitrogen and oxygen atoms in total. The van der Waals surface area contributed by atoms with Crippen LogP contribution in [0.5, 0.6) is 5.75 Å². The molecule has 0 aliphatic carbocycles. The first-order valence-corrected chi connectivity index (χ1v) is 5.84. The van der Waals surface area contributed by atoms with Crippen molar-refractivity contribution in [1.82, 2.24) is 14.8 Å². The fourth-order valence-electron chi connectivity index (χ4n) is 1.86. The largest absolute Gasteiger partial charge is 0.493 e. The Bertz CT molecular complexity index is 548. The van der Waals surface area contributed by atoms with Crippen molar-refractivity contribution >= 4 is 5.69 Å². The number of rotatable bonds is 4. The number of nitrogens with zero attached hydrogens (tertiary/aromatic N) is 3. The van der Waals surface area contributed by atoms with Crippen LogP contribution < -0.4 is 10.1 Å². The van der Waals surface area contributed by atoms with Crippen LogP contribution in [0, 0.1) is 13.8 Å². The van der Waals surface area contributed by atoms with Crippen molar-refractivity contribution in [3.63, 3.8) is 0 Å². The molecule has 0 saturated carbocycles. The van der Waals surface area contributed by atoms with E-state index in [0.717, 1.165) is 29.4 Å². The van der Waals surface area contributed by atoms with Gasteiger partial charge in [-0.25, -0.2) is 0 Å². The highest BCUT2D eigenvalue weighted by Gasteiger charge is 2.06. The third-order valence-electron chi connectivity index (χ3n) is 2.81. The first-order valence-electron chi connectivity index (χ1n) is 5.84. The molecule has 2 aromatic heterocycles. The maximum Gasteiger partial charge on any atom is 0.160 e. The highest BCUT2D eigenvalue weighted by molar-refractivity contribution is 5.56. The van der Waals surface area contributed by atoms with Gasteiger partial charge in [0.1, 0.15) is 0 Å². The lowest BCUT2D eigenvalue weighted by Gasteiger charge is -2.10. The van der Waals surface area contributed by atoms with Gasteiger partial charge in [-0.05, 0) is 19.9 Å². The number of pyridine rings is 1. The summed E-state index contributed by atoms with van der Waals surface area (Å²) in [6.45, 7) is 4.69. The molecule has 0 aliphatic rings. The normalized spacial score (nSPS) is 10.4. The van der Waals surface area contributed by atoms with Crippen molar-refractivity contribution < 1.29 is 4.74 Å². The quantitative estimate of drug-likeness (QED) is 0.897. The summed E-state index contributed by atoms with van der Waals surface area (Å²) < 4.78 is 7.10. The molecule has 0 amide bonds. The second-order valence-electron chi connectivity index (χ2n) is 4.29. The molecule has 0 spiro atoms. The molecule has 5 heteroatoms. The zero-order valence-corrected chi connectivity index (χ0v) is 11.2. The van der Waals surface area contributed by atoms with Crippen LogP contribution >= 0.6 is 0 Å². The van der Waals surface area contributed by atoms with Crippen molar-refractivity contribution in [2.75, 3.05) is 12.4 Å². The number of aromatic nitrogens is 3. The summed E-state index contributed by atoms with van der Waals surface area (Å²) in [5, 5.41) is 7.67. The fourth-order valence-corrected chi connectivity index (χ4v) is 1.86. The van der Waals surface area contributed by atoms with Gasteiger partial charge in [-0.3, -0.25) is 9.67 Å². The van der Waals surface area contributed by atoms with E-state index in [1.54, 1.807) is 13.3 Å². The molecule has 2 aromatic rings. The Hall–Kier alpha value is -2.04. The second kappa shape index (κ2) is 5.08.